The van der Waals surface area contributed by atoms with E-state index in [4.69, 9.17) is 13.3 Å². The monoisotopic (exact) mass is 375 g/mol. The van der Waals surface area contributed by atoms with Gasteiger partial charge in [0, 0.05) is 29.5 Å². The van der Waals surface area contributed by atoms with Crippen LogP contribution in [-0.2, 0) is 8.85 Å². The Morgan fingerprint density at radius 3 is 2.07 bits per heavy atom. The third-order valence-corrected chi connectivity index (χ3v) is 7.86. The summed E-state index contributed by atoms with van der Waals surface area (Å²) in [5.41, 5.74) is 3.45. The molecule has 0 saturated carbocycles. The molecule has 0 atom stereocenters. The number of nitrogens with zero attached hydrogens (tertiary/aromatic N) is 1. The average Bonchev–Trinajstić information content (AvgIpc) is 2.71. The van der Waals surface area contributed by atoms with Gasteiger partial charge < -0.3 is 18.2 Å². The van der Waals surface area contributed by atoms with E-state index in [1.54, 1.807) is 0 Å². The molecule has 0 aliphatic carbocycles. The quantitative estimate of drug-likeness (QED) is 0.610. The minimum atomic E-state index is -2.98. The van der Waals surface area contributed by atoms with Crippen LogP contribution in [0.15, 0.2) is 78.9 Å². The smallest absolute Gasteiger partial charge is 0.497 e. The number of anilines is 1. The summed E-state index contributed by atoms with van der Waals surface area (Å²) in [7, 11) is -2.98. The molecule has 1 saturated heterocycles. The molecule has 4 nitrogen and oxygen atoms in total. The second-order valence-electron chi connectivity index (χ2n) is 6.72. The molecule has 2 aliphatic heterocycles. The van der Waals surface area contributed by atoms with Crippen molar-refractivity contribution in [3.63, 3.8) is 0 Å². The molecule has 0 aromatic heterocycles. The van der Waals surface area contributed by atoms with Gasteiger partial charge in [-0.3, -0.25) is 0 Å². The highest BCUT2D eigenvalue weighted by atomic mass is 28.4. The van der Waals surface area contributed by atoms with E-state index >= 15 is 0 Å². The van der Waals surface area contributed by atoms with Crippen LogP contribution in [-0.4, -0.2) is 35.1 Å². The van der Waals surface area contributed by atoms with Crippen molar-refractivity contribution in [2.45, 2.75) is 0 Å². The van der Waals surface area contributed by atoms with Crippen LogP contribution in [0.2, 0.25) is 0 Å². The fourth-order valence-corrected chi connectivity index (χ4v) is 6.47. The molecule has 0 radical (unpaired) electrons. The number of hydrogen-bond acceptors (Lipinski definition) is 4. The topological polar surface area (TPSA) is 30.9 Å². The molecular weight excluding hydrogens is 354 g/mol. The van der Waals surface area contributed by atoms with Crippen LogP contribution in [0.5, 0.6) is 5.75 Å². The highest BCUT2D eigenvalue weighted by molar-refractivity contribution is 6.78. The molecule has 136 valence electrons. The van der Waals surface area contributed by atoms with Crippen molar-refractivity contribution in [3.05, 3.63) is 78.9 Å². The first-order valence-corrected chi connectivity index (χ1v) is 11.0. The molecule has 2 aliphatic rings. The van der Waals surface area contributed by atoms with E-state index in [9.17, 15) is 0 Å². The SMILES string of the molecule is c1ccc(N2CCO[Si]3(OCC2)Oc2ccccc2-c2ccccc23)cc1. The van der Waals surface area contributed by atoms with Crippen LogP contribution in [0.3, 0.4) is 0 Å². The summed E-state index contributed by atoms with van der Waals surface area (Å²) in [6.45, 7) is 2.76. The minimum Gasteiger partial charge on any atom is -0.497 e. The van der Waals surface area contributed by atoms with E-state index in [2.05, 4.69) is 53.4 Å². The Morgan fingerprint density at radius 1 is 0.667 bits per heavy atom. The van der Waals surface area contributed by atoms with Gasteiger partial charge in [-0.15, -0.1) is 0 Å². The summed E-state index contributed by atoms with van der Waals surface area (Å²) in [5.74, 6) is 0.850. The first-order chi connectivity index (χ1) is 13.4. The largest absolute Gasteiger partial charge is 0.603 e. The predicted octanol–water partition coefficient (Wildman–Crippen LogP) is 3.45. The minimum absolute atomic E-state index is 0.567. The zero-order chi connectivity index (χ0) is 18.1. The van der Waals surface area contributed by atoms with Gasteiger partial charge in [-0.1, -0.05) is 60.7 Å². The van der Waals surface area contributed by atoms with Gasteiger partial charge in [0.05, 0.1) is 13.2 Å². The lowest BCUT2D eigenvalue weighted by Crippen LogP contribution is -2.63. The van der Waals surface area contributed by atoms with Gasteiger partial charge >= 0.3 is 8.80 Å². The molecule has 3 aromatic carbocycles. The Kier molecular flexibility index (Phi) is 4.20. The highest BCUT2D eigenvalue weighted by Crippen LogP contribution is 2.36. The molecule has 5 rings (SSSR count). The zero-order valence-corrected chi connectivity index (χ0v) is 16.0. The van der Waals surface area contributed by atoms with Crippen molar-refractivity contribution in [3.8, 4) is 16.9 Å². The first-order valence-electron chi connectivity index (χ1n) is 9.32. The van der Waals surface area contributed by atoms with E-state index in [1.165, 1.54) is 5.69 Å². The average molecular weight is 376 g/mol. The molecule has 1 fully saturated rings. The van der Waals surface area contributed by atoms with Gasteiger partial charge in [-0.25, -0.2) is 0 Å². The molecule has 0 amide bonds. The highest BCUT2D eigenvalue weighted by Gasteiger charge is 2.51. The van der Waals surface area contributed by atoms with Crippen molar-refractivity contribution < 1.29 is 13.3 Å². The normalized spacial score (nSPS) is 18.0. The first kappa shape index (κ1) is 16.6. The maximum absolute atomic E-state index is 6.44. The Labute approximate surface area is 160 Å². The molecular formula is C22H21NO3Si. The summed E-state index contributed by atoms with van der Waals surface area (Å²) in [6.07, 6.45) is 0. The Hall–Kier alpha value is -2.60. The van der Waals surface area contributed by atoms with Gasteiger partial charge in [0.15, 0.2) is 0 Å². The number of fused-ring (bicyclic) bond motifs is 4. The lowest BCUT2D eigenvalue weighted by Gasteiger charge is -2.38. The third-order valence-electron chi connectivity index (χ3n) is 5.11. The van der Waals surface area contributed by atoms with Crippen molar-refractivity contribution in [2.75, 3.05) is 31.2 Å². The lowest BCUT2D eigenvalue weighted by molar-refractivity contribution is 0.113. The Morgan fingerprint density at radius 2 is 1.30 bits per heavy atom. The van der Waals surface area contributed by atoms with E-state index in [0.29, 0.717) is 13.2 Å². The van der Waals surface area contributed by atoms with Crippen molar-refractivity contribution in [1.82, 2.24) is 0 Å². The summed E-state index contributed by atoms with van der Waals surface area (Å²) < 4.78 is 19.2. The Balaban J connectivity index is 1.46. The second kappa shape index (κ2) is 6.85. The molecule has 0 unspecified atom stereocenters. The van der Waals surface area contributed by atoms with E-state index < -0.39 is 8.80 Å². The zero-order valence-electron chi connectivity index (χ0n) is 15.0. The standard InChI is InChI=1S/C22H21NO3Si/c1-2-8-18(9-3-1)23-14-16-24-27(25-17-15-23)22-13-7-5-11-20(22)19-10-4-6-12-21(19)26-27/h1-13H,14-17H2. The third kappa shape index (κ3) is 2.94. The number of hydrogen-bond donors (Lipinski definition) is 0. The fourth-order valence-electron chi connectivity index (χ4n) is 3.81. The summed E-state index contributed by atoms with van der Waals surface area (Å²) >= 11 is 0. The molecule has 1 spiro atoms. The molecule has 5 heteroatoms. The van der Waals surface area contributed by atoms with Gasteiger partial charge in [0.1, 0.15) is 5.75 Å². The van der Waals surface area contributed by atoms with Crippen molar-refractivity contribution in [1.29, 1.82) is 0 Å². The fraction of sp³-hybridized carbons (Fsp3) is 0.182. The van der Waals surface area contributed by atoms with Crippen LogP contribution >= 0.6 is 0 Å². The van der Waals surface area contributed by atoms with Crippen LogP contribution in [0, 0.1) is 0 Å². The van der Waals surface area contributed by atoms with Gasteiger partial charge in [-0.05, 0) is 23.8 Å². The summed E-state index contributed by atoms with van der Waals surface area (Å²) in [5, 5.41) is 1.07. The van der Waals surface area contributed by atoms with Crippen LogP contribution in [0.25, 0.3) is 11.1 Å². The van der Waals surface area contributed by atoms with Crippen LogP contribution in [0.4, 0.5) is 5.69 Å². The van der Waals surface area contributed by atoms with E-state index in [-0.39, 0.29) is 0 Å². The number of para-hydroxylation sites is 2. The molecule has 0 N–H and O–H groups in total. The maximum atomic E-state index is 6.44. The Bertz CT molecular complexity index is 937. The van der Waals surface area contributed by atoms with Crippen LogP contribution in [0.1, 0.15) is 0 Å². The van der Waals surface area contributed by atoms with E-state index in [1.807, 2.05) is 30.3 Å². The number of rotatable bonds is 1. The molecule has 3 aromatic rings. The van der Waals surface area contributed by atoms with Crippen molar-refractivity contribution in [2.24, 2.45) is 0 Å². The van der Waals surface area contributed by atoms with Crippen molar-refractivity contribution >= 4 is 19.7 Å². The van der Waals surface area contributed by atoms with Gasteiger partial charge in [0.25, 0.3) is 0 Å². The second-order valence-corrected chi connectivity index (χ2v) is 9.15. The van der Waals surface area contributed by atoms with Gasteiger partial charge in [-0.2, -0.15) is 0 Å². The van der Waals surface area contributed by atoms with E-state index in [0.717, 1.165) is 35.2 Å². The maximum Gasteiger partial charge on any atom is 0.603 e. The van der Waals surface area contributed by atoms with Crippen LogP contribution < -0.4 is 14.5 Å². The summed E-state index contributed by atoms with van der Waals surface area (Å²) in [4.78, 5) is 2.30. The molecule has 27 heavy (non-hydrogen) atoms. The summed E-state index contributed by atoms with van der Waals surface area (Å²) in [6, 6.07) is 26.8. The number of benzene rings is 3. The van der Waals surface area contributed by atoms with Gasteiger partial charge in [0.2, 0.25) is 0 Å². The predicted molar refractivity (Wildman–Crippen MR) is 108 cm³/mol. The molecule has 2 heterocycles. The molecule has 0 bridgehead atoms. The lowest BCUT2D eigenvalue weighted by atomic mass is 10.0.